The van der Waals surface area contributed by atoms with Crippen LogP contribution in [0.4, 0.5) is 10.1 Å². The molecule has 0 bridgehead atoms. The lowest BCUT2D eigenvalue weighted by Crippen LogP contribution is -2.52. The SMILES string of the molecule is C#C[C@@H]1C[C@@]2(CN1C(=O)[C@H](CC(C)(C)F)NC(=O)c1cc3ccc(Cl)cc3[nH]1)C(=O)Nc1ccccc12. The highest BCUT2D eigenvalue weighted by Crippen LogP contribution is 2.46. The zero-order valence-electron chi connectivity index (χ0n) is 20.4. The first-order chi connectivity index (χ1) is 17.5. The van der Waals surface area contributed by atoms with Gasteiger partial charge in [-0.2, -0.15) is 0 Å². The van der Waals surface area contributed by atoms with Gasteiger partial charge in [0.15, 0.2) is 0 Å². The molecule has 2 aliphatic rings. The quantitative estimate of drug-likeness (QED) is 0.440. The molecule has 3 heterocycles. The molecular formula is C28H26ClFN4O3. The number of aromatic amines is 1. The Kier molecular flexibility index (Phi) is 5.99. The number of alkyl halides is 1. The second-order valence-electron chi connectivity index (χ2n) is 10.3. The largest absolute Gasteiger partial charge is 0.350 e. The molecule has 1 fully saturated rings. The number of nitrogens with one attached hydrogen (secondary N) is 3. The number of nitrogens with zero attached hydrogens (tertiary/aromatic N) is 1. The fraction of sp³-hybridized carbons (Fsp3) is 0.321. The number of halogens is 2. The first-order valence-electron chi connectivity index (χ1n) is 12.0. The molecule has 9 heteroatoms. The van der Waals surface area contributed by atoms with Gasteiger partial charge in [-0.25, -0.2) is 4.39 Å². The van der Waals surface area contributed by atoms with E-state index in [1.165, 1.54) is 18.7 Å². The van der Waals surface area contributed by atoms with E-state index >= 15 is 0 Å². The number of fused-ring (bicyclic) bond motifs is 3. The van der Waals surface area contributed by atoms with Crippen molar-refractivity contribution in [2.45, 2.75) is 49.9 Å². The summed E-state index contributed by atoms with van der Waals surface area (Å²) in [6.07, 6.45) is 5.77. The van der Waals surface area contributed by atoms with Gasteiger partial charge in [-0.15, -0.1) is 6.42 Å². The molecule has 0 radical (unpaired) electrons. The standard InChI is InChI=1S/C28H26ClFN4O3/c1-4-18-13-28(19-7-5-6-8-20(19)33-26(28)37)15-34(18)25(36)23(14-27(2,3)30)32-24(35)22-11-16-9-10-17(29)12-21(16)31-22/h1,5-12,18,23,31H,13-15H2,2-3H3,(H,32,35)(H,33,37)/t18-,23+,28+/m1/s1. The molecule has 7 nitrogen and oxygen atoms in total. The molecule has 37 heavy (non-hydrogen) atoms. The number of H-pyrrole nitrogens is 1. The number of hydrogen-bond acceptors (Lipinski definition) is 3. The number of aromatic nitrogens is 1. The Bertz CT molecular complexity index is 1470. The number of carbonyl (C=O) groups is 3. The third kappa shape index (κ3) is 4.44. The van der Waals surface area contributed by atoms with Crippen molar-refractivity contribution in [2.24, 2.45) is 0 Å². The Morgan fingerprint density at radius 1 is 1.30 bits per heavy atom. The minimum absolute atomic E-state index is 0.0352. The summed E-state index contributed by atoms with van der Waals surface area (Å²) in [4.78, 5) is 44.5. The summed E-state index contributed by atoms with van der Waals surface area (Å²) in [6, 6.07) is 12.2. The predicted octanol–water partition coefficient (Wildman–Crippen LogP) is 4.18. The number of para-hydroxylation sites is 1. The van der Waals surface area contributed by atoms with Gasteiger partial charge in [0.05, 0.1) is 11.5 Å². The molecule has 1 saturated heterocycles. The molecule has 0 aliphatic carbocycles. The average Bonchev–Trinajstić information content (AvgIpc) is 3.51. The number of likely N-dealkylation sites (tertiary alicyclic amines) is 1. The summed E-state index contributed by atoms with van der Waals surface area (Å²) in [7, 11) is 0. The molecule has 3 N–H and O–H groups in total. The van der Waals surface area contributed by atoms with Gasteiger partial charge in [-0.05, 0) is 50.1 Å². The van der Waals surface area contributed by atoms with Crippen LogP contribution in [-0.4, -0.2) is 51.9 Å². The first kappa shape index (κ1) is 24.8. The Labute approximate surface area is 218 Å². The smallest absolute Gasteiger partial charge is 0.268 e. The monoisotopic (exact) mass is 520 g/mol. The minimum atomic E-state index is -1.76. The van der Waals surface area contributed by atoms with Crippen molar-refractivity contribution in [3.05, 3.63) is 64.8 Å². The molecule has 1 aromatic heterocycles. The van der Waals surface area contributed by atoms with E-state index in [0.29, 0.717) is 16.2 Å². The van der Waals surface area contributed by atoms with Crippen molar-refractivity contribution in [3.8, 4) is 12.3 Å². The van der Waals surface area contributed by atoms with Crippen molar-refractivity contribution in [1.82, 2.24) is 15.2 Å². The lowest BCUT2D eigenvalue weighted by molar-refractivity contribution is -0.134. The lowest BCUT2D eigenvalue weighted by atomic mass is 9.79. The molecule has 0 unspecified atom stereocenters. The van der Waals surface area contributed by atoms with Crippen LogP contribution in [0.5, 0.6) is 0 Å². The highest BCUT2D eigenvalue weighted by molar-refractivity contribution is 6.31. The molecule has 3 atom stereocenters. The molecule has 1 spiro atoms. The van der Waals surface area contributed by atoms with Crippen LogP contribution >= 0.6 is 11.6 Å². The van der Waals surface area contributed by atoms with E-state index in [2.05, 4.69) is 21.5 Å². The van der Waals surface area contributed by atoms with Gasteiger partial charge in [0.25, 0.3) is 5.91 Å². The van der Waals surface area contributed by atoms with Crippen molar-refractivity contribution < 1.29 is 18.8 Å². The Balaban J connectivity index is 1.44. The van der Waals surface area contributed by atoms with Crippen molar-refractivity contribution in [3.63, 3.8) is 0 Å². The average molecular weight is 521 g/mol. The topological polar surface area (TPSA) is 94.3 Å². The maximum absolute atomic E-state index is 14.8. The van der Waals surface area contributed by atoms with Crippen molar-refractivity contribution >= 4 is 45.9 Å². The second kappa shape index (κ2) is 8.93. The molecule has 3 aromatic rings. The van der Waals surface area contributed by atoms with Crippen LogP contribution in [0.1, 0.15) is 42.7 Å². The maximum atomic E-state index is 14.8. The Morgan fingerprint density at radius 3 is 2.78 bits per heavy atom. The Morgan fingerprint density at radius 2 is 2.05 bits per heavy atom. The number of rotatable bonds is 5. The van der Waals surface area contributed by atoms with Crippen LogP contribution in [0, 0.1) is 12.3 Å². The van der Waals surface area contributed by atoms with Gasteiger partial charge in [0, 0.05) is 34.6 Å². The second-order valence-corrected chi connectivity index (χ2v) is 10.7. The predicted molar refractivity (Wildman–Crippen MR) is 140 cm³/mol. The summed E-state index contributed by atoms with van der Waals surface area (Å²) in [5.74, 6) is 1.30. The fourth-order valence-corrected chi connectivity index (χ4v) is 5.53. The van der Waals surface area contributed by atoms with Gasteiger partial charge in [0.1, 0.15) is 17.4 Å². The molecule has 0 saturated carbocycles. The maximum Gasteiger partial charge on any atom is 0.268 e. The highest BCUT2D eigenvalue weighted by atomic mass is 35.5. The van der Waals surface area contributed by atoms with E-state index in [9.17, 15) is 18.8 Å². The van der Waals surface area contributed by atoms with E-state index < -0.39 is 35.0 Å². The first-order valence-corrected chi connectivity index (χ1v) is 12.3. The molecule has 2 aromatic carbocycles. The highest BCUT2D eigenvalue weighted by Gasteiger charge is 2.56. The van der Waals surface area contributed by atoms with Crippen LogP contribution in [0.2, 0.25) is 5.02 Å². The third-order valence-corrected chi connectivity index (χ3v) is 7.32. The van der Waals surface area contributed by atoms with E-state index in [-0.39, 0.29) is 31.0 Å². The van der Waals surface area contributed by atoms with Gasteiger partial charge >= 0.3 is 0 Å². The van der Waals surface area contributed by atoms with Gasteiger partial charge in [-0.3, -0.25) is 14.4 Å². The molecular weight excluding hydrogens is 495 g/mol. The van der Waals surface area contributed by atoms with E-state index in [1.807, 2.05) is 18.2 Å². The summed E-state index contributed by atoms with van der Waals surface area (Å²) in [6.45, 7) is 2.72. The van der Waals surface area contributed by atoms with E-state index in [0.717, 1.165) is 10.9 Å². The number of carbonyl (C=O) groups excluding carboxylic acids is 3. The van der Waals surface area contributed by atoms with Gasteiger partial charge in [0.2, 0.25) is 11.8 Å². The van der Waals surface area contributed by atoms with E-state index in [1.54, 1.807) is 30.3 Å². The molecule has 190 valence electrons. The van der Waals surface area contributed by atoms with Gasteiger partial charge < -0.3 is 20.5 Å². The number of terminal acetylenes is 1. The van der Waals surface area contributed by atoms with Crippen LogP contribution in [0.25, 0.3) is 10.9 Å². The summed E-state index contributed by atoms with van der Waals surface area (Å²) < 4.78 is 14.8. The normalized spacial score (nSPS) is 21.5. The number of anilines is 1. The van der Waals surface area contributed by atoms with Gasteiger partial charge in [-0.1, -0.05) is 41.8 Å². The summed E-state index contributed by atoms with van der Waals surface area (Å²) in [5, 5.41) is 6.85. The molecule has 5 rings (SSSR count). The summed E-state index contributed by atoms with van der Waals surface area (Å²) in [5.41, 5.74) is -0.431. The Hall–Kier alpha value is -3.83. The fourth-order valence-electron chi connectivity index (χ4n) is 5.36. The zero-order chi connectivity index (χ0) is 26.5. The third-order valence-electron chi connectivity index (χ3n) is 7.08. The lowest BCUT2D eigenvalue weighted by Gasteiger charge is -2.30. The number of amides is 3. The molecule has 2 aliphatic heterocycles. The van der Waals surface area contributed by atoms with Crippen LogP contribution in [0.15, 0.2) is 48.5 Å². The summed E-state index contributed by atoms with van der Waals surface area (Å²) >= 11 is 6.04. The minimum Gasteiger partial charge on any atom is -0.350 e. The van der Waals surface area contributed by atoms with Crippen LogP contribution < -0.4 is 10.6 Å². The zero-order valence-corrected chi connectivity index (χ0v) is 21.2. The van der Waals surface area contributed by atoms with Crippen molar-refractivity contribution in [1.29, 1.82) is 0 Å². The van der Waals surface area contributed by atoms with Crippen LogP contribution in [0.3, 0.4) is 0 Å². The van der Waals surface area contributed by atoms with E-state index in [4.69, 9.17) is 18.0 Å². The van der Waals surface area contributed by atoms with Crippen LogP contribution in [-0.2, 0) is 15.0 Å². The van der Waals surface area contributed by atoms with Crippen molar-refractivity contribution in [2.75, 3.05) is 11.9 Å². The number of benzene rings is 2. The number of hydrogen-bond donors (Lipinski definition) is 3. The molecule has 3 amide bonds.